The molecule has 0 saturated carbocycles. The van der Waals surface area contributed by atoms with Gasteiger partial charge in [-0.25, -0.2) is 0 Å². The maximum atomic E-state index is 12.2. The van der Waals surface area contributed by atoms with Crippen LogP contribution in [0.3, 0.4) is 0 Å². The molecule has 0 unspecified atom stereocenters. The Bertz CT molecular complexity index is 419. The van der Waals surface area contributed by atoms with Crippen molar-refractivity contribution in [2.24, 2.45) is 0 Å². The molecule has 0 bridgehead atoms. The molecule has 1 saturated heterocycles. The van der Waals surface area contributed by atoms with Gasteiger partial charge >= 0.3 is 0 Å². The van der Waals surface area contributed by atoms with Crippen LogP contribution in [0, 0.1) is 0 Å². The Hall–Kier alpha value is -1.68. The van der Waals surface area contributed by atoms with Crippen molar-refractivity contribution in [3.8, 4) is 0 Å². The van der Waals surface area contributed by atoms with Crippen molar-refractivity contribution >= 4 is 12.2 Å². The van der Waals surface area contributed by atoms with Crippen molar-refractivity contribution in [3.63, 3.8) is 0 Å². The lowest BCUT2D eigenvalue weighted by Gasteiger charge is -2.31. The topological polar surface area (TPSA) is 46.6 Å². The summed E-state index contributed by atoms with van der Waals surface area (Å²) in [7, 11) is 1.71. The molecule has 1 amide bonds. The predicted octanol–water partition coefficient (Wildman–Crippen LogP) is 1.75. The monoisotopic (exact) mass is 247 g/mol. The van der Waals surface area contributed by atoms with E-state index in [0.29, 0.717) is 11.1 Å². The lowest BCUT2D eigenvalue weighted by atomic mass is 10.1. The van der Waals surface area contributed by atoms with E-state index in [1.807, 2.05) is 4.90 Å². The van der Waals surface area contributed by atoms with Crippen LogP contribution in [0.1, 0.15) is 33.6 Å². The van der Waals surface area contributed by atoms with E-state index in [0.717, 1.165) is 32.2 Å². The fourth-order valence-electron chi connectivity index (χ4n) is 2.18. The van der Waals surface area contributed by atoms with Crippen LogP contribution in [0.15, 0.2) is 24.3 Å². The van der Waals surface area contributed by atoms with E-state index in [9.17, 15) is 9.59 Å². The van der Waals surface area contributed by atoms with Crippen LogP contribution in [0.25, 0.3) is 0 Å². The lowest BCUT2D eigenvalue weighted by molar-refractivity contribution is 0.0350. The van der Waals surface area contributed by atoms with Gasteiger partial charge in [0.25, 0.3) is 5.91 Å². The average molecular weight is 247 g/mol. The second-order valence-electron chi connectivity index (χ2n) is 4.47. The smallest absolute Gasteiger partial charge is 0.253 e. The van der Waals surface area contributed by atoms with Gasteiger partial charge in [0, 0.05) is 31.3 Å². The Morgan fingerprint density at radius 3 is 2.39 bits per heavy atom. The molecule has 1 aliphatic rings. The summed E-state index contributed by atoms with van der Waals surface area (Å²) >= 11 is 0. The maximum absolute atomic E-state index is 12.2. The molecule has 1 aliphatic heterocycles. The minimum absolute atomic E-state index is 0.0296. The molecule has 0 aliphatic carbocycles. The number of nitrogens with zero attached hydrogens (tertiary/aromatic N) is 1. The van der Waals surface area contributed by atoms with Gasteiger partial charge in [0.2, 0.25) is 0 Å². The number of carbonyl (C=O) groups is 2. The molecule has 0 aromatic heterocycles. The van der Waals surface area contributed by atoms with Gasteiger partial charge in [-0.15, -0.1) is 0 Å². The van der Waals surface area contributed by atoms with Crippen LogP contribution >= 0.6 is 0 Å². The zero-order chi connectivity index (χ0) is 13.0. The second kappa shape index (κ2) is 5.78. The number of likely N-dealkylation sites (tertiary alicyclic amines) is 1. The molecule has 2 rings (SSSR count). The summed E-state index contributed by atoms with van der Waals surface area (Å²) < 4.78 is 5.28. The number of methoxy groups -OCH3 is 1. The third-order valence-electron chi connectivity index (χ3n) is 3.36. The molecule has 18 heavy (non-hydrogen) atoms. The third-order valence-corrected chi connectivity index (χ3v) is 3.36. The second-order valence-corrected chi connectivity index (χ2v) is 4.47. The molecule has 1 aromatic rings. The van der Waals surface area contributed by atoms with Crippen LogP contribution in [0.4, 0.5) is 0 Å². The zero-order valence-corrected chi connectivity index (χ0v) is 10.5. The van der Waals surface area contributed by atoms with Gasteiger partial charge in [-0.2, -0.15) is 0 Å². The fourth-order valence-corrected chi connectivity index (χ4v) is 2.18. The van der Waals surface area contributed by atoms with E-state index < -0.39 is 0 Å². The first-order valence-electron chi connectivity index (χ1n) is 6.12. The van der Waals surface area contributed by atoms with Crippen molar-refractivity contribution in [1.82, 2.24) is 4.90 Å². The Morgan fingerprint density at radius 2 is 1.89 bits per heavy atom. The standard InChI is InChI=1S/C14H17NO3/c1-18-13-6-8-15(9-7-13)14(17)12-4-2-11(10-16)3-5-12/h2-5,10,13H,6-9H2,1H3. The summed E-state index contributed by atoms with van der Waals surface area (Å²) in [5.41, 5.74) is 1.22. The van der Waals surface area contributed by atoms with Crippen molar-refractivity contribution in [1.29, 1.82) is 0 Å². The predicted molar refractivity (Wildman–Crippen MR) is 67.8 cm³/mol. The SMILES string of the molecule is COC1CCN(C(=O)c2ccc(C=O)cc2)CC1. The highest BCUT2D eigenvalue weighted by Crippen LogP contribution is 2.16. The Kier molecular flexibility index (Phi) is 4.10. The number of amides is 1. The third kappa shape index (κ3) is 2.76. The van der Waals surface area contributed by atoms with Gasteiger partial charge in [-0.3, -0.25) is 9.59 Å². The van der Waals surface area contributed by atoms with Gasteiger partial charge in [0.1, 0.15) is 6.29 Å². The number of ether oxygens (including phenoxy) is 1. The molecule has 4 heteroatoms. The van der Waals surface area contributed by atoms with Crippen LogP contribution in [-0.4, -0.2) is 43.4 Å². The van der Waals surface area contributed by atoms with Crippen LogP contribution in [-0.2, 0) is 4.74 Å². The molecular formula is C14H17NO3. The molecule has 1 heterocycles. The molecule has 0 N–H and O–H groups in total. The molecular weight excluding hydrogens is 230 g/mol. The minimum Gasteiger partial charge on any atom is -0.381 e. The van der Waals surface area contributed by atoms with Crippen molar-refractivity contribution < 1.29 is 14.3 Å². The maximum Gasteiger partial charge on any atom is 0.253 e. The highest BCUT2D eigenvalue weighted by Gasteiger charge is 2.23. The van der Waals surface area contributed by atoms with Crippen molar-refractivity contribution in [2.75, 3.05) is 20.2 Å². The molecule has 96 valence electrons. The Morgan fingerprint density at radius 1 is 1.28 bits per heavy atom. The number of hydrogen-bond acceptors (Lipinski definition) is 3. The Labute approximate surface area is 107 Å². The minimum atomic E-state index is 0.0296. The van der Waals surface area contributed by atoms with Crippen LogP contribution in [0.2, 0.25) is 0 Å². The summed E-state index contributed by atoms with van der Waals surface area (Å²) in [5.74, 6) is 0.0296. The first-order valence-corrected chi connectivity index (χ1v) is 6.12. The highest BCUT2D eigenvalue weighted by molar-refractivity contribution is 5.94. The summed E-state index contributed by atoms with van der Waals surface area (Å²) in [6.45, 7) is 1.46. The van der Waals surface area contributed by atoms with Crippen molar-refractivity contribution in [3.05, 3.63) is 35.4 Å². The van der Waals surface area contributed by atoms with Crippen molar-refractivity contribution in [2.45, 2.75) is 18.9 Å². The van der Waals surface area contributed by atoms with E-state index in [-0.39, 0.29) is 12.0 Å². The van der Waals surface area contributed by atoms with E-state index in [2.05, 4.69) is 0 Å². The quantitative estimate of drug-likeness (QED) is 0.764. The fraction of sp³-hybridized carbons (Fsp3) is 0.429. The highest BCUT2D eigenvalue weighted by atomic mass is 16.5. The summed E-state index contributed by atoms with van der Waals surface area (Å²) in [6.07, 6.45) is 2.81. The number of piperidine rings is 1. The first-order chi connectivity index (χ1) is 8.74. The molecule has 4 nitrogen and oxygen atoms in total. The number of aldehydes is 1. The molecule has 1 fully saturated rings. The van der Waals surface area contributed by atoms with Gasteiger partial charge < -0.3 is 9.64 Å². The normalized spacial score (nSPS) is 16.6. The van der Waals surface area contributed by atoms with Gasteiger partial charge in [0.15, 0.2) is 0 Å². The van der Waals surface area contributed by atoms with E-state index in [4.69, 9.17) is 4.74 Å². The van der Waals surface area contributed by atoms with Crippen LogP contribution < -0.4 is 0 Å². The van der Waals surface area contributed by atoms with Crippen LogP contribution in [0.5, 0.6) is 0 Å². The number of rotatable bonds is 3. The number of carbonyl (C=O) groups excluding carboxylic acids is 2. The van der Waals surface area contributed by atoms with E-state index in [1.165, 1.54) is 0 Å². The van der Waals surface area contributed by atoms with E-state index in [1.54, 1.807) is 31.4 Å². The largest absolute Gasteiger partial charge is 0.381 e. The molecule has 0 radical (unpaired) electrons. The van der Waals surface area contributed by atoms with Gasteiger partial charge in [-0.1, -0.05) is 12.1 Å². The molecule has 0 atom stereocenters. The molecule has 0 spiro atoms. The lowest BCUT2D eigenvalue weighted by Crippen LogP contribution is -2.40. The number of benzene rings is 1. The average Bonchev–Trinajstić information content (AvgIpc) is 2.47. The van der Waals surface area contributed by atoms with Gasteiger partial charge in [-0.05, 0) is 25.0 Å². The summed E-state index contributed by atoms with van der Waals surface area (Å²) in [5, 5.41) is 0. The first kappa shape index (κ1) is 12.8. The van der Waals surface area contributed by atoms with E-state index >= 15 is 0 Å². The molecule has 1 aromatic carbocycles. The Balaban J connectivity index is 2.00. The summed E-state index contributed by atoms with van der Waals surface area (Å²) in [4.78, 5) is 24.6. The number of hydrogen-bond donors (Lipinski definition) is 0. The summed E-state index contributed by atoms with van der Waals surface area (Å²) in [6, 6.07) is 6.74. The zero-order valence-electron chi connectivity index (χ0n) is 10.5. The van der Waals surface area contributed by atoms with Gasteiger partial charge in [0.05, 0.1) is 6.10 Å².